The molecule has 4 nitrogen and oxygen atoms in total. The van der Waals surface area contributed by atoms with E-state index in [0.29, 0.717) is 12.4 Å². The molecule has 1 aliphatic heterocycles. The van der Waals surface area contributed by atoms with E-state index in [-0.39, 0.29) is 0 Å². The van der Waals surface area contributed by atoms with Crippen molar-refractivity contribution in [1.29, 1.82) is 0 Å². The largest absolute Gasteiger partial charge is 0.494 e. The summed E-state index contributed by atoms with van der Waals surface area (Å²) in [4.78, 5) is 11.0. The van der Waals surface area contributed by atoms with Gasteiger partial charge in [0.05, 0.1) is 12.8 Å². The van der Waals surface area contributed by atoms with E-state index in [9.17, 15) is 4.79 Å². The van der Waals surface area contributed by atoms with E-state index in [1.165, 1.54) is 6.20 Å². The first-order valence-electron chi connectivity index (χ1n) is 4.67. The number of unbranched alkanes of at least 4 members (excludes halogenated alkanes) is 2. The molecule has 0 aromatic heterocycles. The number of carbonyl (C=O) groups excluding carboxylic acids is 1. The second kappa shape index (κ2) is 5.75. The first-order valence-corrected chi connectivity index (χ1v) is 5.11. The summed E-state index contributed by atoms with van der Waals surface area (Å²) in [6.07, 6.45) is 4.59. The van der Waals surface area contributed by atoms with Gasteiger partial charge >= 0.3 is 0 Å². The van der Waals surface area contributed by atoms with Crippen molar-refractivity contribution in [1.82, 2.24) is 0 Å². The summed E-state index contributed by atoms with van der Waals surface area (Å²) in [5.41, 5.74) is 0. The van der Waals surface area contributed by atoms with Gasteiger partial charge in [-0.25, -0.2) is 0 Å². The molecule has 1 aliphatic rings. The van der Waals surface area contributed by atoms with E-state index >= 15 is 0 Å². The van der Waals surface area contributed by atoms with Gasteiger partial charge in [0.1, 0.15) is 5.76 Å². The molecule has 0 fully saturated rings. The zero-order valence-corrected chi connectivity index (χ0v) is 8.83. The van der Waals surface area contributed by atoms with Gasteiger partial charge in [-0.1, -0.05) is 19.8 Å². The Hall–Kier alpha value is -0.900. The van der Waals surface area contributed by atoms with Gasteiger partial charge in [0.15, 0.2) is 5.38 Å². The molecule has 1 rings (SSSR count). The molecule has 0 aliphatic carbocycles. The number of halogens is 1. The van der Waals surface area contributed by atoms with Crippen molar-refractivity contribution < 1.29 is 9.53 Å². The lowest BCUT2D eigenvalue weighted by molar-refractivity contribution is -0.118. The average molecular weight is 217 g/mol. The molecule has 1 atom stereocenters. The van der Waals surface area contributed by atoms with Gasteiger partial charge in [-0.05, 0) is 6.42 Å². The number of azo groups is 1. The molecule has 0 saturated heterocycles. The van der Waals surface area contributed by atoms with Crippen LogP contribution in [0.4, 0.5) is 0 Å². The van der Waals surface area contributed by atoms with Gasteiger partial charge < -0.3 is 4.74 Å². The normalized spacial score (nSPS) is 20.9. The van der Waals surface area contributed by atoms with E-state index in [0.717, 1.165) is 19.3 Å². The number of rotatable bonds is 5. The highest BCUT2D eigenvalue weighted by Gasteiger charge is 2.24. The maximum absolute atomic E-state index is 11.0. The van der Waals surface area contributed by atoms with Crippen LogP contribution in [0.2, 0.25) is 0 Å². The molecule has 0 saturated carbocycles. The van der Waals surface area contributed by atoms with E-state index in [4.69, 9.17) is 16.3 Å². The summed E-state index contributed by atoms with van der Waals surface area (Å²) in [6.45, 7) is 2.69. The van der Waals surface area contributed by atoms with Gasteiger partial charge in [-0.2, -0.15) is 5.11 Å². The number of hydrogen-bond donors (Lipinski definition) is 0. The zero-order chi connectivity index (χ0) is 10.4. The van der Waals surface area contributed by atoms with E-state index in [1.807, 2.05) is 0 Å². The molecule has 0 radical (unpaired) electrons. The Morgan fingerprint density at radius 3 is 3.07 bits per heavy atom. The predicted molar refractivity (Wildman–Crippen MR) is 53.1 cm³/mol. The Bertz CT molecular complexity index is 264. The molecule has 0 aromatic rings. The topological polar surface area (TPSA) is 51.0 Å². The van der Waals surface area contributed by atoms with Gasteiger partial charge in [0, 0.05) is 0 Å². The molecular formula is C9H13ClN2O2. The second-order valence-corrected chi connectivity index (χ2v) is 3.44. The maximum atomic E-state index is 11.0. The van der Waals surface area contributed by atoms with Crippen LogP contribution in [-0.2, 0) is 9.53 Å². The lowest BCUT2D eigenvalue weighted by atomic mass is 10.2. The number of nitrogens with zero attached hydrogens (tertiary/aromatic N) is 2. The smallest absolute Gasteiger partial charge is 0.290 e. The third kappa shape index (κ3) is 3.10. The Labute approximate surface area is 88.0 Å². The van der Waals surface area contributed by atoms with Crippen molar-refractivity contribution in [3.63, 3.8) is 0 Å². The van der Waals surface area contributed by atoms with E-state index < -0.39 is 11.3 Å². The molecule has 5 heteroatoms. The Kier molecular flexibility index (Phi) is 4.59. The zero-order valence-electron chi connectivity index (χ0n) is 8.07. The number of alkyl halides is 1. The van der Waals surface area contributed by atoms with Crippen LogP contribution >= 0.6 is 11.6 Å². The Balaban J connectivity index is 2.33. The minimum Gasteiger partial charge on any atom is -0.494 e. The van der Waals surface area contributed by atoms with Crippen LogP contribution in [0.15, 0.2) is 22.2 Å². The standard InChI is InChI=1S/C9H13ClN2O2/c1-2-3-4-5-14-7-6-11-12-9(13)8(7)10/h6,8H,2-5H2,1H3. The van der Waals surface area contributed by atoms with Crippen LogP contribution in [0.3, 0.4) is 0 Å². The molecule has 14 heavy (non-hydrogen) atoms. The van der Waals surface area contributed by atoms with Crippen LogP contribution in [0.1, 0.15) is 26.2 Å². The molecule has 1 heterocycles. The fourth-order valence-corrected chi connectivity index (χ4v) is 1.20. The minimum atomic E-state index is -0.797. The highest BCUT2D eigenvalue weighted by molar-refractivity contribution is 6.32. The molecule has 1 unspecified atom stereocenters. The first kappa shape index (κ1) is 11.2. The highest BCUT2D eigenvalue weighted by Crippen LogP contribution is 2.18. The monoisotopic (exact) mass is 216 g/mol. The van der Waals surface area contributed by atoms with Crippen molar-refractivity contribution >= 4 is 17.5 Å². The van der Waals surface area contributed by atoms with Gasteiger partial charge in [0.25, 0.3) is 5.91 Å². The number of carbonyl (C=O) groups is 1. The van der Waals surface area contributed by atoms with Crippen LogP contribution in [-0.4, -0.2) is 17.9 Å². The number of hydrogen-bond acceptors (Lipinski definition) is 3. The van der Waals surface area contributed by atoms with Gasteiger partial charge in [-0.3, -0.25) is 4.79 Å². The molecule has 0 N–H and O–H groups in total. The number of amides is 1. The fraction of sp³-hybridized carbons (Fsp3) is 0.667. The van der Waals surface area contributed by atoms with E-state index in [1.54, 1.807) is 0 Å². The summed E-state index contributed by atoms with van der Waals surface area (Å²) in [5, 5.41) is 6.00. The summed E-state index contributed by atoms with van der Waals surface area (Å²) in [7, 11) is 0. The third-order valence-corrected chi connectivity index (χ3v) is 2.23. The molecule has 0 aromatic carbocycles. The molecule has 0 spiro atoms. The molecule has 1 amide bonds. The van der Waals surface area contributed by atoms with Crippen molar-refractivity contribution in [2.24, 2.45) is 10.2 Å². The van der Waals surface area contributed by atoms with Crippen LogP contribution < -0.4 is 0 Å². The lowest BCUT2D eigenvalue weighted by Crippen LogP contribution is -2.19. The Morgan fingerprint density at radius 1 is 1.57 bits per heavy atom. The molecule has 0 bridgehead atoms. The lowest BCUT2D eigenvalue weighted by Gasteiger charge is -2.13. The summed E-state index contributed by atoms with van der Waals surface area (Å²) >= 11 is 5.75. The SMILES string of the molecule is CCCCCOC1=CN=NC(=O)C1Cl. The van der Waals surface area contributed by atoms with Crippen molar-refractivity contribution in [2.45, 2.75) is 31.6 Å². The second-order valence-electron chi connectivity index (χ2n) is 3.00. The summed E-state index contributed by atoms with van der Waals surface area (Å²) in [6, 6.07) is 0. The molecule has 78 valence electrons. The first-order chi connectivity index (χ1) is 6.75. The van der Waals surface area contributed by atoms with Crippen LogP contribution in [0.5, 0.6) is 0 Å². The highest BCUT2D eigenvalue weighted by atomic mass is 35.5. The van der Waals surface area contributed by atoms with Gasteiger partial charge in [0.2, 0.25) is 0 Å². The predicted octanol–water partition coefficient (Wildman–Crippen LogP) is 2.63. The van der Waals surface area contributed by atoms with Crippen LogP contribution in [0, 0.1) is 0 Å². The van der Waals surface area contributed by atoms with E-state index in [2.05, 4.69) is 17.2 Å². The fourth-order valence-electron chi connectivity index (χ4n) is 1.03. The third-order valence-electron chi connectivity index (χ3n) is 1.82. The minimum absolute atomic E-state index is 0.405. The summed E-state index contributed by atoms with van der Waals surface area (Å²) in [5.74, 6) is -0.0533. The quantitative estimate of drug-likeness (QED) is 0.524. The Morgan fingerprint density at radius 2 is 2.36 bits per heavy atom. The van der Waals surface area contributed by atoms with Crippen molar-refractivity contribution in [2.75, 3.05) is 6.61 Å². The summed E-state index contributed by atoms with van der Waals surface area (Å²) < 4.78 is 5.32. The van der Waals surface area contributed by atoms with Crippen molar-refractivity contribution in [3.05, 3.63) is 12.0 Å². The maximum Gasteiger partial charge on any atom is 0.290 e. The van der Waals surface area contributed by atoms with Gasteiger partial charge in [-0.15, -0.1) is 16.7 Å². The average Bonchev–Trinajstić information content (AvgIpc) is 2.19. The van der Waals surface area contributed by atoms with Crippen molar-refractivity contribution in [3.8, 4) is 0 Å². The molecular weight excluding hydrogens is 204 g/mol. The van der Waals surface area contributed by atoms with Crippen LogP contribution in [0.25, 0.3) is 0 Å². The number of ether oxygens (including phenoxy) is 1.